The van der Waals surface area contributed by atoms with Gasteiger partial charge in [0.2, 0.25) is 0 Å². The van der Waals surface area contributed by atoms with Crippen LogP contribution in [0, 0.1) is 0 Å². The van der Waals surface area contributed by atoms with Crippen LogP contribution in [0.25, 0.3) is 0 Å². The summed E-state index contributed by atoms with van der Waals surface area (Å²) in [4.78, 5) is 0. The zero-order valence-corrected chi connectivity index (χ0v) is 12.5. The van der Waals surface area contributed by atoms with Crippen LogP contribution in [-0.4, -0.2) is 14.3 Å². The topological polar surface area (TPSA) is 9.23 Å². The molecule has 0 unspecified atom stereocenters. The van der Waals surface area contributed by atoms with Crippen LogP contribution in [0.4, 0.5) is 0 Å². The van der Waals surface area contributed by atoms with Gasteiger partial charge in [0.25, 0.3) is 0 Å². The first-order chi connectivity index (χ1) is 7.27. The first-order valence-corrected chi connectivity index (χ1v) is 10.1. The molecule has 0 fully saturated rings. The van der Waals surface area contributed by atoms with Gasteiger partial charge in [0.15, 0.2) is 0 Å². The summed E-state index contributed by atoms with van der Waals surface area (Å²) in [5.74, 6) is 0. The highest BCUT2D eigenvalue weighted by Crippen LogP contribution is 2.10. The summed E-state index contributed by atoms with van der Waals surface area (Å²) < 4.78 is 5.17. The van der Waals surface area contributed by atoms with Crippen molar-refractivity contribution in [3.63, 3.8) is 0 Å². The highest BCUT2D eigenvalue weighted by Gasteiger charge is 2.00. The van der Waals surface area contributed by atoms with E-state index in [2.05, 4.69) is 6.92 Å². The van der Waals surface area contributed by atoms with Gasteiger partial charge in [0.05, 0.1) is 0 Å². The zero-order chi connectivity index (χ0) is 11.4. The summed E-state index contributed by atoms with van der Waals surface area (Å²) in [7, 11) is -1.80. The van der Waals surface area contributed by atoms with E-state index in [-0.39, 0.29) is 0 Å². The molecule has 0 rings (SSSR count). The monoisotopic (exact) mass is 270 g/mol. The smallest absolute Gasteiger partial charge is 0.373 e. The summed E-state index contributed by atoms with van der Waals surface area (Å²) in [6.07, 6.45) is 12.0. The number of hydrogen-bond acceptors (Lipinski definition) is 1. The van der Waals surface area contributed by atoms with Crippen LogP contribution in [0.5, 0.6) is 0 Å². The number of unbranched alkanes of at least 4 members (excludes halogenated alkanes) is 8. The highest BCUT2D eigenvalue weighted by molar-refractivity contribution is 7.30. The first-order valence-electron chi connectivity index (χ1n) is 6.17. The number of hydrogen-bond donors (Lipinski definition) is 0. The third kappa shape index (κ3) is 14.8. The predicted molar refractivity (Wildman–Crippen MR) is 72.0 cm³/mol. The molecule has 1 nitrogen and oxygen atoms in total. The Morgan fingerprint density at radius 1 is 0.800 bits per heavy atom. The van der Waals surface area contributed by atoms with E-state index >= 15 is 0 Å². The van der Waals surface area contributed by atoms with Crippen LogP contribution in [0.2, 0.25) is 0 Å². The third-order valence-corrected chi connectivity index (χ3v) is 3.74. The largest absolute Gasteiger partial charge is 0.395 e. The second kappa shape index (κ2) is 12.8. The summed E-state index contributed by atoms with van der Waals surface area (Å²) in [6.45, 7) is 3.00. The Morgan fingerprint density at radius 3 is 1.73 bits per heavy atom. The fourth-order valence-corrected chi connectivity index (χ4v) is 2.46. The maximum Gasteiger partial charge on any atom is 0.373 e. The molecular formula is C11H24Cl2OSi. The normalized spacial score (nSPS) is 11.2. The van der Waals surface area contributed by atoms with Crippen molar-refractivity contribution >= 4 is 29.8 Å². The van der Waals surface area contributed by atoms with Crippen molar-refractivity contribution < 1.29 is 4.43 Å². The van der Waals surface area contributed by atoms with E-state index in [4.69, 9.17) is 26.6 Å². The van der Waals surface area contributed by atoms with Crippen LogP contribution in [0.3, 0.4) is 0 Å². The van der Waals surface area contributed by atoms with E-state index in [9.17, 15) is 0 Å². The molecule has 4 heteroatoms. The van der Waals surface area contributed by atoms with Gasteiger partial charge in [-0.2, -0.15) is 0 Å². The Morgan fingerprint density at radius 2 is 1.27 bits per heavy atom. The van der Waals surface area contributed by atoms with Crippen molar-refractivity contribution in [3.05, 3.63) is 0 Å². The molecule has 92 valence electrons. The van der Waals surface area contributed by atoms with Crippen molar-refractivity contribution in [1.29, 1.82) is 0 Å². The highest BCUT2D eigenvalue weighted by atomic mass is 35.7. The first kappa shape index (κ1) is 15.8. The molecule has 0 atom stereocenters. The maximum absolute atomic E-state index is 5.57. The molecule has 0 radical (unpaired) electrons. The van der Waals surface area contributed by atoms with Gasteiger partial charge in [-0.05, 0) is 6.42 Å². The lowest BCUT2D eigenvalue weighted by atomic mass is 10.1. The van der Waals surface area contributed by atoms with E-state index in [1.807, 2.05) is 0 Å². The van der Waals surface area contributed by atoms with Crippen LogP contribution in [0.15, 0.2) is 0 Å². The van der Waals surface area contributed by atoms with Gasteiger partial charge < -0.3 is 4.43 Å². The molecule has 0 spiro atoms. The lowest BCUT2D eigenvalue weighted by Crippen LogP contribution is -2.03. The van der Waals surface area contributed by atoms with Crippen LogP contribution >= 0.6 is 22.2 Å². The van der Waals surface area contributed by atoms with Crippen molar-refractivity contribution in [2.75, 3.05) is 6.61 Å². The second-order valence-corrected chi connectivity index (χ2v) is 7.86. The Balaban J connectivity index is 2.87. The van der Waals surface area contributed by atoms with Crippen molar-refractivity contribution in [1.82, 2.24) is 0 Å². The summed E-state index contributed by atoms with van der Waals surface area (Å²) >= 11 is 11.1. The molecule has 0 N–H and O–H groups in total. The van der Waals surface area contributed by atoms with Gasteiger partial charge in [-0.1, -0.05) is 58.3 Å². The molecule has 15 heavy (non-hydrogen) atoms. The molecule has 0 aliphatic heterocycles. The van der Waals surface area contributed by atoms with Gasteiger partial charge >= 0.3 is 7.66 Å². The Bertz CT molecular complexity index is 123. The van der Waals surface area contributed by atoms with Crippen molar-refractivity contribution in [2.45, 2.75) is 64.7 Å². The predicted octanol–water partition coefficient (Wildman–Crippen LogP) is 4.73. The summed E-state index contributed by atoms with van der Waals surface area (Å²) in [6, 6.07) is 0. The van der Waals surface area contributed by atoms with E-state index < -0.39 is 7.66 Å². The minimum Gasteiger partial charge on any atom is -0.395 e. The molecular weight excluding hydrogens is 247 g/mol. The quantitative estimate of drug-likeness (QED) is 0.300. The Kier molecular flexibility index (Phi) is 13.5. The van der Waals surface area contributed by atoms with Crippen LogP contribution in [-0.2, 0) is 4.43 Å². The molecule has 0 aromatic carbocycles. The zero-order valence-electron chi connectivity index (χ0n) is 9.81. The minimum atomic E-state index is -1.80. The van der Waals surface area contributed by atoms with Gasteiger partial charge in [-0.25, -0.2) is 0 Å². The maximum atomic E-state index is 5.57. The molecule has 0 amide bonds. The molecule has 0 saturated heterocycles. The molecule has 0 heterocycles. The number of rotatable bonds is 11. The SMILES string of the molecule is CCCCCCCCCCCO[SiH](Cl)Cl. The molecule has 0 aromatic rings. The average Bonchev–Trinajstić information content (AvgIpc) is 2.20. The average molecular weight is 271 g/mol. The minimum absolute atomic E-state index is 0.750. The van der Waals surface area contributed by atoms with Gasteiger partial charge in [0.1, 0.15) is 0 Å². The van der Waals surface area contributed by atoms with Gasteiger partial charge in [0, 0.05) is 6.61 Å². The van der Waals surface area contributed by atoms with Crippen LogP contribution < -0.4 is 0 Å². The van der Waals surface area contributed by atoms with E-state index in [0.29, 0.717) is 0 Å². The van der Waals surface area contributed by atoms with E-state index in [1.54, 1.807) is 0 Å². The molecule has 0 bridgehead atoms. The van der Waals surface area contributed by atoms with E-state index in [1.165, 1.54) is 51.4 Å². The third-order valence-electron chi connectivity index (χ3n) is 2.49. The fourth-order valence-electron chi connectivity index (χ4n) is 1.59. The van der Waals surface area contributed by atoms with Gasteiger partial charge in [-0.15, -0.1) is 22.2 Å². The Labute approximate surface area is 106 Å². The standard InChI is InChI=1S/C11H24Cl2OSi/c1-2-3-4-5-6-7-8-9-10-11-14-15(12)13/h15H,2-11H2,1H3. The Hall–Kier alpha value is 0.757. The van der Waals surface area contributed by atoms with Crippen molar-refractivity contribution in [3.8, 4) is 0 Å². The summed E-state index contributed by atoms with van der Waals surface area (Å²) in [5.41, 5.74) is 0. The number of halogens is 2. The molecule has 0 aliphatic rings. The van der Waals surface area contributed by atoms with E-state index in [0.717, 1.165) is 13.0 Å². The molecule has 0 aliphatic carbocycles. The second-order valence-electron chi connectivity index (χ2n) is 3.96. The fraction of sp³-hybridized carbons (Fsp3) is 1.00. The van der Waals surface area contributed by atoms with Gasteiger partial charge in [-0.3, -0.25) is 0 Å². The van der Waals surface area contributed by atoms with Crippen LogP contribution in [0.1, 0.15) is 64.7 Å². The summed E-state index contributed by atoms with van der Waals surface area (Å²) in [5, 5.41) is 0. The lowest BCUT2D eigenvalue weighted by molar-refractivity contribution is 0.324. The van der Waals surface area contributed by atoms with Crippen molar-refractivity contribution in [2.24, 2.45) is 0 Å². The molecule has 0 saturated carbocycles. The molecule has 0 aromatic heterocycles. The lowest BCUT2D eigenvalue weighted by Gasteiger charge is -2.03.